The molecule has 0 unspecified atom stereocenters. The molecule has 1 rings (SSSR count). The van der Waals surface area contributed by atoms with E-state index in [1.807, 2.05) is 25.1 Å². The Labute approximate surface area is 101 Å². The zero-order chi connectivity index (χ0) is 12.7. The number of carbonyl (C=O) groups excluding carboxylic acids is 1. The fourth-order valence-corrected chi connectivity index (χ4v) is 1.36. The molecule has 0 radical (unpaired) electrons. The van der Waals surface area contributed by atoms with Gasteiger partial charge in [-0.3, -0.25) is 4.79 Å². The van der Waals surface area contributed by atoms with E-state index in [-0.39, 0.29) is 12.5 Å². The van der Waals surface area contributed by atoms with Crippen LogP contribution in [0.5, 0.6) is 0 Å². The van der Waals surface area contributed by atoms with Gasteiger partial charge in [0.2, 0.25) is 5.91 Å². The van der Waals surface area contributed by atoms with Crippen molar-refractivity contribution in [2.75, 3.05) is 37.9 Å². The van der Waals surface area contributed by atoms with Crippen LogP contribution in [0.2, 0.25) is 0 Å². The first-order chi connectivity index (χ1) is 8.13. The Balaban J connectivity index is 2.39. The van der Waals surface area contributed by atoms with Crippen LogP contribution in [0, 0.1) is 6.92 Å². The predicted octanol–water partition coefficient (Wildman–Crippen LogP) is 0.752. The molecule has 5 nitrogen and oxygen atoms in total. The largest absolute Gasteiger partial charge is 0.399 e. The second kappa shape index (κ2) is 6.75. The summed E-state index contributed by atoms with van der Waals surface area (Å²) < 4.78 is 4.84. The Morgan fingerprint density at radius 2 is 2.24 bits per heavy atom. The molecule has 0 aromatic heterocycles. The average Bonchev–Trinajstić information content (AvgIpc) is 2.31. The molecule has 0 saturated heterocycles. The van der Waals surface area contributed by atoms with E-state index in [0.29, 0.717) is 18.8 Å². The van der Waals surface area contributed by atoms with Gasteiger partial charge in [-0.25, -0.2) is 0 Å². The highest BCUT2D eigenvalue weighted by Crippen LogP contribution is 2.17. The molecule has 0 saturated carbocycles. The topological polar surface area (TPSA) is 76.4 Å². The molecule has 1 aromatic rings. The van der Waals surface area contributed by atoms with Gasteiger partial charge >= 0.3 is 0 Å². The van der Waals surface area contributed by atoms with Crippen molar-refractivity contribution in [2.45, 2.75) is 6.92 Å². The number of hydrogen-bond acceptors (Lipinski definition) is 4. The van der Waals surface area contributed by atoms with Crippen LogP contribution < -0.4 is 16.4 Å². The monoisotopic (exact) mass is 237 g/mol. The molecule has 0 aliphatic rings. The van der Waals surface area contributed by atoms with E-state index in [1.54, 1.807) is 7.11 Å². The summed E-state index contributed by atoms with van der Waals surface area (Å²) in [6.45, 7) is 3.23. The number of ether oxygens (including phenoxy) is 1. The van der Waals surface area contributed by atoms with E-state index in [1.165, 1.54) is 0 Å². The number of amides is 1. The summed E-state index contributed by atoms with van der Waals surface area (Å²) in [5.41, 5.74) is 8.29. The van der Waals surface area contributed by atoms with Crippen LogP contribution in [-0.4, -0.2) is 32.7 Å². The number of nitrogens with one attached hydrogen (secondary N) is 2. The van der Waals surface area contributed by atoms with Crippen molar-refractivity contribution in [3.05, 3.63) is 23.8 Å². The molecule has 0 atom stereocenters. The fourth-order valence-electron chi connectivity index (χ4n) is 1.36. The molecule has 0 aliphatic carbocycles. The van der Waals surface area contributed by atoms with Crippen LogP contribution in [0.1, 0.15) is 5.56 Å². The maximum atomic E-state index is 11.4. The van der Waals surface area contributed by atoms with Gasteiger partial charge in [0.15, 0.2) is 0 Å². The molecule has 0 spiro atoms. The van der Waals surface area contributed by atoms with Gasteiger partial charge in [0.25, 0.3) is 0 Å². The lowest BCUT2D eigenvalue weighted by Gasteiger charge is -2.10. The van der Waals surface area contributed by atoms with Crippen molar-refractivity contribution >= 4 is 17.3 Å². The average molecular weight is 237 g/mol. The summed E-state index contributed by atoms with van der Waals surface area (Å²) in [6, 6.07) is 5.57. The number of rotatable bonds is 6. The standard InChI is InChI=1S/C12H19N3O2/c1-9-3-4-10(13)7-11(9)15-8-12(16)14-5-6-17-2/h3-4,7,15H,5-6,8,13H2,1-2H3,(H,14,16). The van der Waals surface area contributed by atoms with Crippen molar-refractivity contribution in [3.63, 3.8) is 0 Å². The first-order valence-corrected chi connectivity index (χ1v) is 5.49. The number of nitrogen functional groups attached to an aromatic ring is 1. The van der Waals surface area contributed by atoms with Crippen molar-refractivity contribution in [1.29, 1.82) is 0 Å². The van der Waals surface area contributed by atoms with E-state index >= 15 is 0 Å². The molecule has 0 heterocycles. The predicted molar refractivity (Wildman–Crippen MR) is 69.0 cm³/mol. The Kier molecular flexibility index (Phi) is 5.29. The molecule has 1 amide bonds. The lowest BCUT2D eigenvalue weighted by Crippen LogP contribution is -2.32. The van der Waals surface area contributed by atoms with Gasteiger partial charge < -0.3 is 21.1 Å². The summed E-state index contributed by atoms with van der Waals surface area (Å²) in [7, 11) is 1.60. The number of nitrogens with two attached hydrogens (primary N) is 1. The van der Waals surface area contributed by atoms with Gasteiger partial charge in [0.1, 0.15) is 0 Å². The van der Waals surface area contributed by atoms with Crippen LogP contribution in [0.4, 0.5) is 11.4 Å². The molecule has 4 N–H and O–H groups in total. The van der Waals surface area contributed by atoms with Crippen molar-refractivity contribution in [1.82, 2.24) is 5.32 Å². The number of benzene rings is 1. The van der Waals surface area contributed by atoms with Crippen molar-refractivity contribution < 1.29 is 9.53 Å². The molecule has 94 valence electrons. The van der Waals surface area contributed by atoms with E-state index in [4.69, 9.17) is 10.5 Å². The van der Waals surface area contributed by atoms with Gasteiger partial charge in [-0.2, -0.15) is 0 Å². The second-order valence-electron chi connectivity index (χ2n) is 3.77. The minimum atomic E-state index is -0.0659. The lowest BCUT2D eigenvalue weighted by molar-refractivity contribution is -0.119. The van der Waals surface area contributed by atoms with Crippen LogP contribution in [-0.2, 0) is 9.53 Å². The maximum Gasteiger partial charge on any atom is 0.239 e. The molecule has 1 aromatic carbocycles. The fraction of sp³-hybridized carbons (Fsp3) is 0.417. The number of anilines is 2. The van der Waals surface area contributed by atoms with E-state index in [2.05, 4.69) is 10.6 Å². The Hall–Kier alpha value is -1.75. The smallest absolute Gasteiger partial charge is 0.239 e. The van der Waals surface area contributed by atoms with Crippen molar-refractivity contribution in [2.24, 2.45) is 0 Å². The third-order valence-electron chi connectivity index (χ3n) is 2.33. The second-order valence-corrected chi connectivity index (χ2v) is 3.77. The quantitative estimate of drug-likeness (QED) is 0.504. The molecule has 0 aliphatic heterocycles. The van der Waals surface area contributed by atoms with Gasteiger partial charge in [-0.15, -0.1) is 0 Å². The summed E-state index contributed by atoms with van der Waals surface area (Å²) in [4.78, 5) is 11.4. The summed E-state index contributed by atoms with van der Waals surface area (Å²) in [6.07, 6.45) is 0. The van der Waals surface area contributed by atoms with E-state index in [0.717, 1.165) is 11.3 Å². The van der Waals surface area contributed by atoms with Crippen LogP contribution in [0.3, 0.4) is 0 Å². The van der Waals surface area contributed by atoms with E-state index in [9.17, 15) is 4.79 Å². The van der Waals surface area contributed by atoms with Crippen LogP contribution in [0.25, 0.3) is 0 Å². The molecular weight excluding hydrogens is 218 g/mol. The van der Waals surface area contributed by atoms with E-state index < -0.39 is 0 Å². The first kappa shape index (κ1) is 13.3. The normalized spacial score (nSPS) is 10.0. The number of carbonyl (C=O) groups is 1. The zero-order valence-electron chi connectivity index (χ0n) is 10.2. The lowest BCUT2D eigenvalue weighted by atomic mass is 10.2. The number of hydrogen-bond donors (Lipinski definition) is 3. The Morgan fingerprint density at radius 1 is 1.47 bits per heavy atom. The minimum absolute atomic E-state index is 0.0659. The van der Waals surface area contributed by atoms with Gasteiger partial charge in [-0.05, 0) is 24.6 Å². The van der Waals surface area contributed by atoms with Crippen LogP contribution in [0.15, 0.2) is 18.2 Å². The molecule has 17 heavy (non-hydrogen) atoms. The van der Waals surface area contributed by atoms with Gasteiger partial charge in [0, 0.05) is 25.0 Å². The molecular formula is C12H19N3O2. The highest BCUT2D eigenvalue weighted by atomic mass is 16.5. The minimum Gasteiger partial charge on any atom is -0.399 e. The first-order valence-electron chi connectivity index (χ1n) is 5.49. The zero-order valence-corrected chi connectivity index (χ0v) is 10.2. The van der Waals surface area contributed by atoms with Gasteiger partial charge in [-0.1, -0.05) is 6.07 Å². The SMILES string of the molecule is COCCNC(=O)CNc1cc(N)ccc1C. The number of aryl methyl sites for hydroxylation is 1. The summed E-state index contributed by atoms with van der Waals surface area (Å²) >= 11 is 0. The Bertz CT molecular complexity index is 380. The molecule has 0 fully saturated rings. The third kappa shape index (κ3) is 4.74. The maximum absolute atomic E-state index is 11.4. The molecule has 0 bridgehead atoms. The molecule has 5 heteroatoms. The third-order valence-corrected chi connectivity index (χ3v) is 2.33. The highest BCUT2D eigenvalue weighted by Gasteiger charge is 2.02. The summed E-state index contributed by atoms with van der Waals surface area (Å²) in [5, 5.41) is 5.78. The number of methoxy groups -OCH3 is 1. The summed E-state index contributed by atoms with van der Waals surface area (Å²) in [5.74, 6) is -0.0659. The van der Waals surface area contributed by atoms with Crippen LogP contribution >= 0.6 is 0 Å². The highest BCUT2D eigenvalue weighted by molar-refractivity contribution is 5.81. The van der Waals surface area contributed by atoms with Crippen molar-refractivity contribution in [3.8, 4) is 0 Å². The Morgan fingerprint density at radius 3 is 2.94 bits per heavy atom. The van der Waals surface area contributed by atoms with Gasteiger partial charge in [0.05, 0.1) is 13.2 Å².